The summed E-state index contributed by atoms with van der Waals surface area (Å²) in [6.45, 7) is 0. The lowest BCUT2D eigenvalue weighted by atomic mass is 9.83. The average Bonchev–Trinajstić information content (AvgIpc) is 2.44. The van der Waals surface area contributed by atoms with Gasteiger partial charge in [0.1, 0.15) is 5.75 Å². The number of carbonyl (C=O) groups is 2. The van der Waals surface area contributed by atoms with Gasteiger partial charge in [0.05, 0.1) is 39.7 Å². The van der Waals surface area contributed by atoms with Gasteiger partial charge in [0.25, 0.3) is 0 Å². The predicted octanol–water partition coefficient (Wildman–Crippen LogP) is 2.93. The Balaban J connectivity index is 2.38. The molecule has 0 spiro atoms. The summed E-state index contributed by atoms with van der Waals surface area (Å²) in [5, 5.41) is 9.89. The first kappa shape index (κ1) is 12.2. The second-order valence-electron chi connectivity index (χ2n) is 4.18. The molecule has 0 amide bonds. The molecule has 2 aromatic carbocycles. The molecule has 0 radical (unpaired) electrons. The van der Waals surface area contributed by atoms with E-state index in [1.807, 2.05) is 22.9 Å². The van der Waals surface area contributed by atoms with Crippen LogP contribution in [-0.4, -0.2) is 16.7 Å². The van der Waals surface area contributed by atoms with Gasteiger partial charge in [-0.1, -0.05) is 24.3 Å². The van der Waals surface area contributed by atoms with Crippen molar-refractivity contribution in [3.8, 4) is 5.75 Å². The van der Waals surface area contributed by atoms with E-state index in [-0.39, 0.29) is 28.4 Å². The van der Waals surface area contributed by atoms with E-state index in [1.165, 1.54) is 6.07 Å². The molecule has 1 aliphatic carbocycles. The molecule has 0 unspecified atom stereocenters. The Kier molecular flexibility index (Phi) is 2.78. The maximum Gasteiger partial charge on any atom is 0.198 e. The second kappa shape index (κ2) is 4.34. The van der Waals surface area contributed by atoms with Crippen LogP contribution in [0.2, 0.25) is 0 Å². The van der Waals surface area contributed by atoms with Crippen molar-refractivity contribution in [2.45, 2.75) is 0 Å². The number of phenols is 1. The van der Waals surface area contributed by atoms with E-state index in [0.717, 1.165) is 0 Å². The van der Waals surface area contributed by atoms with Gasteiger partial charge in [0.2, 0.25) is 0 Å². The summed E-state index contributed by atoms with van der Waals surface area (Å²) < 4.78 is 2.85. The largest absolute Gasteiger partial charge is 0.507 e. The van der Waals surface area contributed by atoms with Gasteiger partial charge in [-0.25, -0.2) is 0 Å². The van der Waals surface area contributed by atoms with E-state index in [2.05, 4.69) is 3.53 Å². The molecule has 1 aliphatic rings. The third-order valence-corrected chi connectivity index (χ3v) is 3.74. The van der Waals surface area contributed by atoms with Gasteiger partial charge in [-0.15, -0.1) is 0 Å². The van der Waals surface area contributed by atoms with E-state index in [1.54, 1.807) is 30.3 Å². The summed E-state index contributed by atoms with van der Waals surface area (Å²) in [7, 11) is 0. The number of phenolic OH excluding ortho intramolecular Hbond substituents is 1. The Morgan fingerprint density at radius 1 is 0.895 bits per heavy atom. The number of rotatable bonds is 1. The van der Waals surface area contributed by atoms with Crippen LogP contribution < -0.4 is 3.53 Å². The van der Waals surface area contributed by atoms with Gasteiger partial charge in [0, 0.05) is 11.1 Å². The lowest BCUT2D eigenvalue weighted by molar-refractivity contribution is 0.0977. The zero-order valence-electron chi connectivity index (χ0n) is 9.61. The minimum Gasteiger partial charge on any atom is -0.507 e. The number of hydrogen-bond acceptors (Lipinski definition) is 4. The smallest absolute Gasteiger partial charge is 0.198 e. The first-order chi connectivity index (χ1) is 9.15. The van der Waals surface area contributed by atoms with Crippen LogP contribution in [0.15, 0.2) is 36.4 Å². The molecule has 94 valence electrons. The Morgan fingerprint density at radius 3 is 2.05 bits per heavy atom. The summed E-state index contributed by atoms with van der Waals surface area (Å²) in [5.74, 6) is -0.741. The van der Waals surface area contributed by atoms with E-state index < -0.39 is 0 Å². The van der Waals surface area contributed by atoms with Gasteiger partial charge in [0.15, 0.2) is 11.6 Å². The molecule has 3 rings (SSSR count). The quantitative estimate of drug-likeness (QED) is 0.395. The fourth-order valence-electron chi connectivity index (χ4n) is 2.28. The maximum atomic E-state index is 12.5. The topological polar surface area (TPSA) is 66.4 Å². The first-order valence-electron chi connectivity index (χ1n) is 5.56. The van der Waals surface area contributed by atoms with Gasteiger partial charge in [-0.05, 0) is 12.1 Å². The maximum absolute atomic E-state index is 12.5. The van der Waals surface area contributed by atoms with Crippen LogP contribution in [0.1, 0.15) is 31.8 Å². The lowest BCUT2D eigenvalue weighted by Gasteiger charge is -2.20. The highest BCUT2D eigenvalue weighted by molar-refractivity contribution is 14.1. The molecule has 0 saturated heterocycles. The molecule has 0 saturated carbocycles. The number of fused-ring (bicyclic) bond motifs is 2. The molecule has 0 bridgehead atoms. The number of aromatic hydroxyl groups is 1. The molecule has 0 aliphatic heterocycles. The monoisotopic (exact) mass is 365 g/mol. The lowest BCUT2D eigenvalue weighted by Crippen LogP contribution is -2.21. The number of anilines is 1. The van der Waals surface area contributed by atoms with E-state index in [0.29, 0.717) is 16.8 Å². The Hall–Kier alpha value is -1.89. The molecule has 5 heteroatoms. The van der Waals surface area contributed by atoms with Crippen molar-refractivity contribution < 1.29 is 14.7 Å². The number of carbonyl (C=O) groups excluding carboxylic acids is 2. The molecule has 19 heavy (non-hydrogen) atoms. The molecule has 2 aromatic rings. The van der Waals surface area contributed by atoms with Crippen molar-refractivity contribution in [1.82, 2.24) is 0 Å². The molecule has 0 atom stereocenters. The van der Waals surface area contributed by atoms with E-state index >= 15 is 0 Å². The fourth-order valence-corrected chi connectivity index (χ4v) is 2.73. The summed E-state index contributed by atoms with van der Waals surface area (Å²) >= 11 is 1.89. The third kappa shape index (κ3) is 1.65. The summed E-state index contributed by atoms with van der Waals surface area (Å²) in [6, 6.07) is 9.64. The summed E-state index contributed by atoms with van der Waals surface area (Å²) in [5.41, 5.74) is 1.55. The van der Waals surface area contributed by atoms with Gasteiger partial charge in [-0.2, -0.15) is 0 Å². The standard InChI is InChI=1S/C14H8INO3/c15-16-9-5-6-10(17)12-11(9)13(18)7-3-1-2-4-8(7)14(12)19/h1-6,16-17H. The van der Waals surface area contributed by atoms with Crippen LogP contribution >= 0.6 is 22.9 Å². The van der Waals surface area contributed by atoms with Crippen molar-refractivity contribution in [2.24, 2.45) is 0 Å². The number of halogens is 1. The van der Waals surface area contributed by atoms with Crippen LogP contribution in [0.25, 0.3) is 0 Å². The summed E-state index contributed by atoms with van der Waals surface area (Å²) in [4.78, 5) is 24.9. The second-order valence-corrected chi connectivity index (χ2v) is 4.72. The normalized spacial score (nSPS) is 12.9. The van der Waals surface area contributed by atoms with Crippen molar-refractivity contribution >= 4 is 40.1 Å². The Labute approximate surface area is 122 Å². The summed E-state index contributed by atoms with van der Waals surface area (Å²) in [6.07, 6.45) is 0. The van der Waals surface area contributed by atoms with Crippen LogP contribution in [0, 0.1) is 0 Å². The number of benzene rings is 2. The van der Waals surface area contributed by atoms with Gasteiger partial charge >= 0.3 is 0 Å². The highest BCUT2D eigenvalue weighted by Gasteiger charge is 2.33. The molecular weight excluding hydrogens is 357 g/mol. The highest BCUT2D eigenvalue weighted by atomic mass is 127. The Bertz CT molecular complexity index is 725. The van der Waals surface area contributed by atoms with E-state index in [4.69, 9.17) is 0 Å². The SMILES string of the molecule is O=C1c2ccccc2C(=O)c2c(NI)ccc(O)c21. The number of hydrogen-bond donors (Lipinski definition) is 2. The van der Waals surface area contributed by atoms with Gasteiger partial charge < -0.3 is 8.64 Å². The molecule has 0 aromatic heterocycles. The van der Waals surface area contributed by atoms with Crippen LogP contribution in [0.4, 0.5) is 5.69 Å². The van der Waals surface area contributed by atoms with Crippen LogP contribution in [-0.2, 0) is 0 Å². The van der Waals surface area contributed by atoms with Crippen LogP contribution in [0.3, 0.4) is 0 Å². The van der Waals surface area contributed by atoms with Crippen molar-refractivity contribution in [3.63, 3.8) is 0 Å². The zero-order valence-corrected chi connectivity index (χ0v) is 11.8. The first-order valence-corrected chi connectivity index (χ1v) is 6.64. The molecule has 2 N–H and O–H groups in total. The predicted molar refractivity (Wildman–Crippen MR) is 79.1 cm³/mol. The van der Waals surface area contributed by atoms with Crippen molar-refractivity contribution in [1.29, 1.82) is 0 Å². The molecule has 0 fully saturated rings. The van der Waals surface area contributed by atoms with Crippen molar-refractivity contribution in [3.05, 3.63) is 58.7 Å². The average molecular weight is 365 g/mol. The minimum atomic E-state index is -0.323. The van der Waals surface area contributed by atoms with Gasteiger partial charge in [-0.3, -0.25) is 9.59 Å². The molecule has 4 nitrogen and oxygen atoms in total. The highest BCUT2D eigenvalue weighted by Crippen LogP contribution is 2.37. The minimum absolute atomic E-state index is 0.0744. The molecular formula is C14H8INO3. The van der Waals surface area contributed by atoms with Crippen LogP contribution in [0.5, 0.6) is 5.75 Å². The number of ketones is 2. The Morgan fingerprint density at radius 2 is 1.47 bits per heavy atom. The van der Waals surface area contributed by atoms with Crippen molar-refractivity contribution in [2.75, 3.05) is 3.53 Å². The number of nitrogens with one attached hydrogen (secondary N) is 1. The third-order valence-electron chi connectivity index (χ3n) is 3.16. The zero-order chi connectivity index (χ0) is 13.6. The fraction of sp³-hybridized carbons (Fsp3) is 0. The van der Waals surface area contributed by atoms with E-state index in [9.17, 15) is 14.7 Å². The molecule has 0 heterocycles.